The van der Waals surface area contributed by atoms with E-state index >= 15 is 0 Å². The second-order valence-corrected chi connectivity index (χ2v) is 10.4. The highest BCUT2D eigenvalue weighted by Gasteiger charge is 2.45. The standard InChI is InChI=1S/C24H31N5O4/c1-7-15-10-28(24(6)12-27(13-24)22(31)33-23(3,4)5)17-9-18-19(8-16(15)17)32-11-20-25-26-21(30)14(2)29(18)20/h8-10,14H,7,11-13H2,1-6H3,(H,26,30)/t14-/m1/s1. The van der Waals surface area contributed by atoms with Crippen LogP contribution in [0, 0.1) is 0 Å². The Hall–Kier alpha value is -3.23. The van der Waals surface area contributed by atoms with Crippen LogP contribution in [0.1, 0.15) is 47.1 Å². The van der Waals surface area contributed by atoms with Crippen molar-refractivity contribution in [3.63, 3.8) is 0 Å². The third-order valence-electron chi connectivity index (χ3n) is 6.60. The summed E-state index contributed by atoms with van der Waals surface area (Å²) in [6, 6.07) is 3.78. The van der Waals surface area contributed by atoms with Crippen LogP contribution in [0.5, 0.6) is 5.75 Å². The van der Waals surface area contributed by atoms with E-state index in [0.717, 1.165) is 28.8 Å². The minimum absolute atomic E-state index is 0.143. The van der Waals surface area contributed by atoms with Crippen molar-refractivity contribution < 1.29 is 19.1 Å². The number of aromatic nitrogens is 1. The number of fused-ring (bicyclic) bond motifs is 4. The topological polar surface area (TPSA) is 88.4 Å². The Morgan fingerprint density at radius 3 is 2.73 bits per heavy atom. The van der Waals surface area contributed by atoms with Crippen molar-refractivity contribution in [3.05, 3.63) is 23.9 Å². The Balaban J connectivity index is 1.54. The molecule has 1 aromatic heterocycles. The normalized spacial score (nSPS) is 21.5. The van der Waals surface area contributed by atoms with Crippen molar-refractivity contribution in [1.29, 1.82) is 0 Å². The number of ether oxygens (including phenoxy) is 2. The molecule has 2 amide bonds. The lowest BCUT2D eigenvalue weighted by atomic mass is 9.92. The number of benzene rings is 1. The second-order valence-electron chi connectivity index (χ2n) is 10.4. The molecule has 2 aromatic rings. The Morgan fingerprint density at radius 2 is 2.06 bits per heavy atom. The van der Waals surface area contributed by atoms with E-state index in [1.54, 1.807) is 4.90 Å². The van der Waals surface area contributed by atoms with Crippen LogP contribution in [-0.4, -0.2) is 58.6 Å². The highest BCUT2D eigenvalue weighted by molar-refractivity contribution is 6.10. The number of hydrogen-bond acceptors (Lipinski definition) is 6. The van der Waals surface area contributed by atoms with Gasteiger partial charge in [-0.05, 0) is 58.7 Å². The molecule has 1 saturated heterocycles. The monoisotopic (exact) mass is 453 g/mol. The van der Waals surface area contributed by atoms with E-state index < -0.39 is 5.60 Å². The maximum Gasteiger partial charge on any atom is 0.410 e. The summed E-state index contributed by atoms with van der Waals surface area (Å²) in [6.45, 7) is 13.2. The number of rotatable bonds is 2. The van der Waals surface area contributed by atoms with E-state index in [1.165, 1.54) is 5.56 Å². The molecule has 0 aliphatic carbocycles. The zero-order valence-corrected chi connectivity index (χ0v) is 20.1. The number of anilines is 1. The summed E-state index contributed by atoms with van der Waals surface area (Å²) in [5.74, 6) is 1.30. The van der Waals surface area contributed by atoms with Gasteiger partial charge in [0.05, 0.1) is 16.7 Å². The largest absolute Gasteiger partial charge is 0.483 e. The van der Waals surface area contributed by atoms with Gasteiger partial charge in [-0.3, -0.25) is 4.79 Å². The molecule has 1 N–H and O–H groups in total. The molecule has 1 aromatic carbocycles. The molecule has 4 heterocycles. The van der Waals surface area contributed by atoms with E-state index in [1.807, 2.05) is 32.6 Å². The van der Waals surface area contributed by atoms with Crippen LogP contribution in [0.4, 0.5) is 10.5 Å². The number of amides is 2. The number of nitrogens with zero attached hydrogens (tertiary/aromatic N) is 4. The van der Waals surface area contributed by atoms with Crippen LogP contribution in [0.25, 0.3) is 10.9 Å². The molecule has 0 radical (unpaired) electrons. The number of nitrogens with one attached hydrogen (secondary N) is 1. The quantitative estimate of drug-likeness (QED) is 0.755. The fourth-order valence-electron chi connectivity index (χ4n) is 4.92. The van der Waals surface area contributed by atoms with Gasteiger partial charge in [-0.25, -0.2) is 10.2 Å². The number of carbonyl (C=O) groups excluding carboxylic acids is 2. The minimum Gasteiger partial charge on any atom is -0.483 e. The number of hydrogen-bond donors (Lipinski definition) is 1. The molecule has 0 unspecified atom stereocenters. The van der Waals surface area contributed by atoms with Gasteiger partial charge in [0.2, 0.25) is 0 Å². The molecule has 1 atom stereocenters. The SMILES string of the molecule is CCc1cn(C2(C)CN(C(=O)OC(C)(C)C)C2)c2cc3c(cc12)OCC1=NNC(=O)[C@@H](C)N13. The molecule has 1 fully saturated rings. The fourth-order valence-corrected chi connectivity index (χ4v) is 4.92. The van der Waals surface area contributed by atoms with Crippen molar-refractivity contribution in [2.24, 2.45) is 5.10 Å². The van der Waals surface area contributed by atoms with Crippen molar-refractivity contribution in [2.75, 3.05) is 24.6 Å². The van der Waals surface area contributed by atoms with Gasteiger partial charge in [0.25, 0.3) is 5.91 Å². The van der Waals surface area contributed by atoms with E-state index in [0.29, 0.717) is 25.5 Å². The number of amidine groups is 1. The van der Waals surface area contributed by atoms with Crippen molar-refractivity contribution in [2.45, 2.75) is 65.1 Å². The molecule has 176 valence electrons. The van der Waals surface area contributed by atoms with Crippen LogP contribution in [0.2, 0.25) is 0 Å². The van der Waals surface area contributed by atoms with Crippen molar-refractivity contribution >= 4 is 34.4 Å². The summed E-state index contributed by atoms with van der Waals surface area (Å²) >= 11 is 0. The smallest absolute Gasteiger partial charge is 0.410 e. The molecule has 0 spiro atoms. The van der Waals surface area contributed by atoms with Gasteiger partial charge in [-0.2, -0.15) is 5.10 Å². The van der Waals surface area contributed by atoms with Crippen LogP contribution < -0.4 is 15.1 Å². The molecule has 33 heavy (non-hydrogen) atoms. The average molecular weight is 454 g/mol. The highest BCUT2D eigenvalue weighted by Crippen LogP contribution is 2.42. The summed E-state index contributed by atoms with van der Waals surface area (Å²) in [6.07, 6.45) is 2.78. The van der Waals surface area contributed by atoms with Gasteiger partial charge < -0.3 is 23.8 Å². The molecule has 3 aliphatic rings. The molecule has 0 bridgehead atoms. The first-order chi connectivity index (χ1) is 15.5. The van der Waals surface area contributed by atoms with E-state index in [2.05, 4.69) is 47.3 Å². The Kier molecular flexibility index (Phi) is 4.67. The lowest BCUT2D eigenvalue weighted by Crippen LogP contribution is -2.63. The predicted octanol–water partition coefficient (Wildman–Crippen LogP) is 3.20. The van der Waals surface area contributed by atoms with E-state index in [4.69, 9.17) is 9.47 Å². The molecule has 0 saturated carbocycles. The lowest BCUT2D eigenvalue weighted by Gasteiger charge is -2.49. The predicted molar refractivity (Wildman–Crippen MR) is 126 cm³/mol. The zero-order valence-electron chi connectivity index (χ0n) is 20.1. The minimum atomic E-state index is -0.519. The molecule has 3 aliphatic heterocycles. The molecular formula is C24H31N5O4. The Labute approximate surface area is 193 Å². The van der Waals surface area contributed by atoms with Crippen molar-refractivity contribution in [3.8, 4) is 5.75 Å². The maximum atomic E-state index is 12.5. The fraction of sp³-hybridized carbons (Fsp3) is 0.542. The first-order valence-electron chi connectivity index (χ1n) is 11.5. The summed E-state index contributed by atoms with van der Waals surface area (Å²) < 4.78 is 13.8. The lowest BCUT2D eigenvalue weighted by molar-refractivity contribution is -0.122. The maximum absolute atomic E-state index is 12.5. The Morgan fingerprint density at radius 1 is 1.33 bits per heavy atom. The van der Waals surface area contributed by atoms with Crippen molar-refractivity contribution in [1.82, 2.24) is 14.9 Å². The van der Waals surface area contributed by atoms with E-state index in [9.17, 15) is 9.59 Å². The van der Waals surface area contributed by atoms with Crippen LogP contribution in [0.15, 0.2) is 23.4 Å². The average Bonchev–Trinajstić information content (AvgIpc) is 3.09. The first kappa shape index (κ1) is 21.6. The molecule has 9 heteroatoms. The summed E-state index contributed by atoms with van der Waals surface area (Å²) in [4.78, 5) is 28.5. The third kappa shape index (κ3) is 3.41. The summed E-state index contributed by atoms with van der Waals surface area (Å²) in [7, 11) is 0. The summed E-state index contributed by atoms with van der Waals surface area (Å²) in [5.41, 5.74) is 4.91. The molecule has 5 rings (SSSR count). The Bertz CT molecular complexity index is 1190. The highest BCUT2D eigenvalue weighted by atomic mass is 16.6. The van der Waals surface area contributed by atoms with E-state index in [-0.39, 0.29) is 23.6 Å². The number of carbonyl (C=O) groups is 2. The summed E-state index contributed by atoms with van der Waals surface area (Å²) in [5, 5.41) is 5.32. The van der Waals surface area contributed by atoms with Gasteiger partial charge in [-0.15, -0.1) is 0 Å². The number of aryl methyl sites for hydroxylation is 1. The molecule has 9 nitrogen and oxygen atoms in total. The molecular weight excluding hydrogens is 422 g/mol. The first-order valence-corrected chi connectivity index (χ1v) is 11.5. The zero-order chi connectivity index (χ0) is 23.7. The van der Waals surface area contributed by atoms with Crippen LogP contribution in [0.3, 0.4) is 0 Å². The van der Waals surface area contributed by atoms with Gasteiger partial charge in [0, 0.05) is 24.7 Å². The van der Waals surface area contributed by atoms with Gasteiger partial charge >= 0.3 is 6.09 Å². The van der Waals surface area contributed by atoms with Crippen LogP contribution >= 0.6 is 0 Å². The number of likely N-dealkylation sites (tertiary alicyclic amines) is 1. The van der Waals surface area contributed by atoms with Gasteiger partial charge in [0.1, 0.15) is 24.0 Å². The number of hydrazone groups is 1. The van der Waals surface area contributed by atoms with Gasteiger partial charge in [-0.1, -0.05) is 6.92 Å². The van der Waals surface area contributed by atoms with Gasteiger partial charge in [0.15, 0.2) is 5.84 Å². The van der Waals surface area contributed by atoms with Crippen LogP contribution in [-0.2, 0) is 21.5 Å². The third-order valence-corrected chi connectivity index (χ3v) is 6.60. The second kappa shape index (κ2) is 7.13.